The van der Waals surface area contributed by atoms with Crippen LogP contribution in [0.25, 0.3) is 0 Å². The van der Waals surface area contributed by atoms with Crippen LogP contribution in [-0.4, -0.2) is 23.1 Å². The predicted molar refractivity (Wildman–Crippen MR) is 156 cm³/mol. The van der Waals surface area contributed by atoms with E-state index in [0.717, 1.165) is 7.35 Å². The monoisotopic (exact) mass is 694 g/mol. The van der Waals surface area contributed by atoms with Crippen molar-refractivity contribution >= 4 is 47.9 Å². The van der Waals surface area contributed by atoms with Crippen molar-refractivity contribution in [2.75, 3.05) is 0 Å². The van der Waals surface area contributed by atoms with E-state index in [1.165, 1.54) is 51.4 Å². The first-order valence-electron chi connectivity index (χ1n) is 12.7. The Morgan fingerprint density at radius 2 is 0.969 bits per heavy atom. The molecule has 4 rings (SSSR count). The second kappa shape index (κ2) is 9.50. The van der Waals surface area contributed by atoms with Crippen LogP contribution in [0.1, 0.15) is 51.4 Å². The molecule has 0 aromatic rings. The Morgan fingerprint density at radius 3 is 1.28 bits per heavy atom. The summed E-state index contributed by atoms with van der Waals surface area (Å²) in [6, 6.07) is 0. The summed E-state index contributed by atoms with van der Waals surface area (Å²) in [7, 11) is -2.68. The fourth-order valence-corrected chi connectivity index (χ4v) is 58.5. The molecule has 2 atom stereocenters. The van der Waals surface area contributed by atoms with Crippen molar-refractivity contribution in [2.24, 2.45) is 0 Å². The number of rotatable bonds is 4. The molecule has 0 aromatic heterocycles. The summed E-state index contributed by atoms with van der Waals surface area (Å²) in [5.41, 5.74) is 7.51. The first-order valence-corrected chi connectivity index (χ1v) is 39.3. The van der Waals surface area contributed by atoms with Gasteiger partial charge < -0.3 is 0 Å². The van der Waals surface area contributed by atoms with Crippen LogP contribution in [0.4, 0.5) is 0 Å². The van der Waals surface area contributed by atoms with Gasteiger partial charge in [-0.25, -0.2) is 0 Å². The van der Waals surface area contributed by atoms with E-state index in [2.05, 4.69) is 67.7 Å². The van der Waals surface area contributed by atoms with Crippen LogP contribution in [-0.2, 0) is 17.1 Å². The fraction of sp³-hybridized carbons (Fsp3) is 0.692. The van der Waals surface area contributed by atoms with Crippen molar-refractivity contribution in [2.45, 2.75) is 107 Å². The maximum atomic E-state index is 2.92. The molecule has 0 radical (unpaired) electrons. The van der Waals surface area contributed by atoms with E-state index in [0.29, 0.717) is 0 Å². The van der Waals surface area contributed by atoms with Crippen molar-refractivity contribution in [1.82, 2.24) is 0 Å². The zero-order chi connectivity index (χ0) is 22.1. The van der Waals surface area contributed by atoms with E-state index in [9.17, 15) is 0 Å². The number of hydrogen-bond acceptors (Lipinski definition) is 0. The van der Waals surface area contributed by atoms with Gasteiger partial charge in [-0.15, -0.1) is 24.8 Å². The molecule has 0 amide bonds. The smallest absolute Gasteiger partial charge is 0.147 e. The largest absolute Gasteiger partial charge is 0.147 e. The Bertz CT molecular complexity index is 892. The van der Waals surface area contributed by atoms with Crippen LogP contribution in [0.15, 0.2) is 44.8 Å². The Hall–Kier alpha value is 1.06. The summed E-state index contributed by atoms with van der Waals surface area (Å²) in [6.45, 7) is 18.4. The predicted octanol–water partition coefficient (Wildman–Crippen LogP) is 9.12. The molecule has 32 heavy (non-hydrogen) atoms. The molecule has 0 bridgehead atoms. The van der Waals surface area contributed by atoms with Crippen LogP contribution in [0.3, 0.4) is 0 Å². The van der Waals surface area contributed by atoms with E-state index in [-0.39, 0.29) is 24.8 Å². The molecular formula is C26H48Cl2HfSi3. The van der Waals surface area contributed by atoms with Gasteiger partial charge in [0.25, 0.3) is 0 Å². The number of allylic oxidation sites excluding steroid dienone is 8. The zero-order valence-corrected chi connectivity index (χ0v) is 30.6. The molecule has 4 aliphatic rings. The quantitative estimate of drug-likeness (QED) is 0.258. The summed E-state index contributed by atoms with van der Waals surface area (Å²) >= 11 is -3.36. The molecule has 4 aliphatic carbocycles. The van der Waals surface area contributed by atoms with Crippen LogP contribution in [0.2, 0.25) is 56.0 Å². The summed E-state index contributed by atoms with van der Waals surface area (Å²) < 4.78 is 7.59. The Labute approximate surface area is 215 Å². The summed E-state index contributed by atoms with van der Waals surface area (Å²) in [6.07, 6.45) is 16.8. The van der Waals surface area contributed by atoms with Crippen LogP contribution in [0.5, 0.6) is 0 Å². The maximum absolute atomic E-state index is 3.36. The van der Waals surface area contributed by atoms with Gasteiger partial charge in [0.1, 0.15) is 0 Å². The van der Waals surface area contributed by atoms with Gasteiger partial charge in [-0.1, -0.05) is 0 Å². The van der Waals surface area contributed by atoms with Gasteiger partial charge in [-0.05, 0) is 0 Å². The van der Waals surface area contributed by atoms with Gasteiger partial charge in [0, 0.05) is 0 Å². The van der Waals surface area contributed by atoms with Gasteiger partial charge in [0.2, 0.25) is 0 Å². The van der Waals surface area contributed by atoms with Crippen LogP contribution < -0.4 is 0 Å². The van der Waals surface area contributed by atoms with Gasteiger partial charge in [0.05, 0.1) is 0 Å². The molecule has 0 fully saturated rings. The summed E-state index contributed by atoms with van der Waals surface area (Å²) in [5, 5.41) is 3.93. The topological polar surface area (TPSA) is 0 Å². The first kappa shape index (κ1) is 29.3. The van der Waals surface area contributed by atoms with Gasteiger partial charge in [0.15, 0.2) is 0 Å². The second-order valence-electron chi connectivity index (χ2n) is 14.0. The Morgan fingerprint density at radius 1 is 0.656 bits per heavy atom. The normalized spacial score (nSPS) is 26.7. The molecule has 182 valence electrons. The Balaban J connectivity index is 0.00000181. The average molecular weight is 694 g/mol. The molecule has 0 aliphatic heterocycles. The molecule has 0 N–H and O–H groups in total. The zero-order valence-electron chi connectivity index (χ0n) is 22.0. The molecule has 0 heterocycles. The van der Waals surface area contributed by atoms with E-state index in [1.54, 1.807) is 11.1 Å². The molecule has 0 aromatic carbocycles. The first-order chi connectivity index (χ1) is 13.7. The Kier molecular flexibility index (Phi) is 8.70. The minimum atomic E-state index is -3.36. The van der Waals surface area contributed by atoms with E-state index in [4.69, 9.17) is 0 Å². The minimum absolute atomic E-state index is 0. The third-order valence-electron chi connectivity index (χ3n) is 8.72. The fourth-order valence-electron chi connectivity index (χ4n) is 7.44. The van der Waals surface area contributed by atoms with E-state index >= 15 is 0 Å². The number of hydrogen-bond donors (Lipinski definition) is 0. The van der Waals surface area contributed by atoms with E-state index < -0.39 is 33.3 Å². The molecular weight excluding hydrogens is 646 g/mol. The van der Waals surface area contributed by atoms with Crippen molar-refractivity contribution < 1.29 is 17.1 Å². The van der Waals surface area contributed by atoms with Gasteiger partial charge in [-0.2, -0.15) is 0 Å². The molecule has 2 unspecified atom stereocenters. The third-order valence-corrected chi connectivity index (χ3v) is 40.2. The number of halogens is 2. The molecule has 0 nitrogen and oxygen atoms in total. The van der Waals surface area contributed by atoms with Crippen molar-refractivity contribution in [3.63, 3.8) is 0 Å². The molecule has 0 saturated carbocycles. The molecule has 0 saturated heterocycles. The summed E-state index contributed by atoms with van der Waals surface area (Å²) in [5.74, 6) is 0. The second-order valence-corrected chi connectivity index (χ2v) is 67.7. The van der Waals surface area contributed by atoms with Crippen molar-refractivity contribution in [3.8, 4) is 0 Å². The van der Waals surface area contributed by atoms with Crippen molar-refractivity contribution in [3.05, 3.63) is 44.8 Å². The molecule has 6 heteroatoms. The van der Waals surface area contributed by atoms with Crippen LogP contribution in [0, 0.1) is 0 Å². The van der Waals surface area contributed by atoms with Crippen LogP contribution >= 0.6 is 24.8 Å². The standard InChI is InChI=1S/2C12H19Si.2CH3.2ClH.Hf.H2Si/c2*1-13(2,3)12-8-10-6-4-5-7-11(10)9-12;;;;;;/h2*8-9H,4-7H2,1-3H3;2*1H3;2*1H;;1H2. The minimum Gasteiger partial charge on any atom is -0.147 e. The van der Waals surface area contributed by atoms with Gasteiger partial charge >= 0.3 is 192 Å². The SMILES string of the molecule is C[Si](C)(C)C1=CC2=C(CCCC2)[CH]1[Hf]([CH3])([CH3])(=[SiH2])[CH]1C([Si](C)(C)C)=CC2=C1CCCC2.Cl.Cl. The molecule has 0 spiro atoms. The summed E-state index contributed by atoms with van der Waals surface area (Å²) in [4.78, 5) is 0. The van der Waals surface area contributed by atoms with E-state index in [1.807, 2.05) is 21.5 Å². The third kappa shape index (κ3) is 4.98. The van der Waals surface area contributed by atoms with Crippen molar-refractivity contribution in [1.29, 1.82) is 0 Å². The maximum Gasteiger partial charge on any atom is -0.147 e. The average Bonchev–Trinajstić information content (AvgIpc) is 3.21. The van der Waals surface area contributed by atoms with Gasteiger partial charge in [-0.3, -0.25) is 0 Å².